The molecule has 0 atom stereocenters. The molecule has 108 valence electrons. The van der Waals surface area contributed by atoms with Crippen LogP contribution in [-0.4, -0.2) is 46.2 Å². The second-order valence-corrected chi connectivity index (χ2v) is 4.65. The SMILES string of the molecule is N#Cc1c(CN2CCN(c3ncccn3)CC2)no[n+]1[O-]. The summed E-state index contributed by atoms with van der Waals surface area (Å²) in [6.07, 6.45) is 3.44. The molecule has 21 heavy (non-hydrogen) atoms. The van der Waals surface area contributed by atoms with Crippen molar-refractivity contribution >= 4 is 5.95 Å². The molecule has 9 heteroatoms. The van der Waals surface area contributed by atoms with Crippen molar-refractivity contribution in [2.45, 2.75) is 6.54 Å². The van der Waals surface area contributed by atoms with Crippen LogP contribution in [0, 0.1) is 16.5 Å². The van der Waals surface area contributed by atoms with Crippen LogP contribution in [0.15, 0.2) is 23.1 Å². The van der Waals surface area contributed by atoms with Crippen molar-refractivity contribution in [1.29, 1.82) is 5.26 Å². The lowest BCUT2D eigenvalue weighted by atomic mass is 10.2. The first-order chi connectivity index (χ1) is 10.3. The van der Waals surface area contributed by atoms with Gasteiger partial charge in [0.2, 0.25) is 5.95 Å². The molecule has 0 saturated carbocycles. The minimum atomic E-state index is -0.0798. The van der Waals surface area contributed by atoms with Crippen LogP contribution in [0.2, 0.25) is 0 Å². The number of hydrogen-bond donors (Lipinski definition) is 0. The summed E-state index contributed by atoms with van der Waals surface area (Å²) in [6, 6.07) is 3.59. The van der Waals surface area contributed by atoms with E-state index in [2.05, 4.69) is 29.6 Å². The van der Waals surface area contributed by atoms with Gasteiger partial charge in [-0.3, -0.25) is 9.53 Å². The average molecular weight is 287 g/mol. The smallest absolute Gasteiger partial charge is 0.299 e. The van der Waals surface area contributed by atoms with Gasteiger partial charge >= 0.3 is 0 Å². The summed E-state index contributed by atoms with van der Waals surface area (Å²) in [6.45, 7) is 3.52. The Morgan fingerprint density at radius 1 is 1.29 bits per heavy atom. The largest absolute Gasteiger partial charge is 0.358 e. The zero-order valence-corrected chi connectivity index (χ0v) is 11.2. The van der Waals surface area contributed by atoms with Crippen molar-refractivity contribution in [1.82, 2.24) is 20.0 Å². The summed E-state index contributed by atoms with van der Waals surface area (Å²) < 4.78 is 4.45. The fourth-order valence-corrected chi connectivity index (χ4v) is 2.26. The molecule has 0 bridgehead atoms. The topological polar surface area (TPSA) is 109 Å². The van der Waals surface area contributed by atoms with E-state index in [1.807, 2.05) is 0 Å². The minimum absolute atomic E-state index is 0.0798. The highest BCUT2D eigenvalue weighted by atomic mass is 16.8. The van der Waals surface area contributed by atoms with E-state index in [1.54, 1.807) is 24.5 Å². The molecule has 0 aromatic carbocycles. The van der Waals surface area contributed by atoms with E-state index in [1.165, 1.54) is 0 Å². The fourth-order valence-electron chi connectivity index (χ4n) is 2.26. The first-order valence-electron chi connectivity index (χ1n) is 6.51. The van der Waals surface area contributed by atoms with E-state index in [0.29, 0.717) is 18.2 Å². The Morgan fingerprint density at radius 3 is 2.67 bits per heavy atom. The van der Waals surface area contributed by atoms with Crippen molar-refractivity contribution in [2.75, 3.05) is 31.1 Å². The van der Waals surface area contributed by atoms with Gasteiger partial charge in [-0.15, -0.1) is 0 Å². The molecule has 9 nitrogen and oxygen atoms in total. The Labute approximate surface area is 120 Å². The Morgan fingerprint density at radius 2 is 2.00 bits per heavy atom. The molecular formula is C12H13N7O2. The van der Waals surface area contributed by atoms with E-state index < -0.39 is 0 Å². The molecule has 0 aliphatic carbocycles. The Kier molecular flexibility index (Phi) is 3.61. The number of anilines is 1. The first-order valence-corrected chi connectivity index (χ1v) is 6.51. The predicted molar refractivity (Wildman–Crippen MR) is 69.7 cm³/mol. The third kappa shape index (κ3) is 2.75. The molecule has 0 unspecified atom stereocenters. The Balaban J connectivity index is 1.60. The lowest BCUT2D eigenvalue weighted by Crippen LogP contribution is -2.46. The van der Waals surface area contributed by atoms with Crippen LogP contribution >= 0.6 is 0 Å². The molecule has 0 spiro atoms. The first kappa shape index (κ1) is 13.3. The molecule has 1 fully saturated rings. The molecule has 3 heterocycles. The number of nitrogens with zero attached hydrogens (tertiary/aromatic N) is 7. The molecule has 1 aliphatic heterocycles. The third-order valence-corrected chi connectivity index (χ3v) is 3.37. The molecule has 3 rings (SSSR count). The maximum atomic E-state index is 11.2. The number of aromatic nitrogens is 4. The summed E-state index contributed by atoms with van der Waals surface area (Å²) in [5.41, 5.74) is 0.292. The zero-order valence-electron chi connectivity index (χ0n) is 11.2. The monoisotopic (exact) mass is 287 g/mol. The summed E-state index contributed by atoms with van der Waals surface area (Å²) in [7, 11) is 0. The van der Waals surface area contributed by atoms with Crippen LogP contribution in [0.5, 0.6) is 0 Å². The van der Waals surface area contributed by atoms with E-state index in [9.17, 15) is 5.21 Å². The van der Waals surface area contributed by atoms with Crippen molar-refractivity contribution in [3.05, 3.63) is 35.1 Å². The molecular weight excluding hydrogens is 274 g/mol. The van der Waals surface area contributed by atoms with Crippen LogP contribution in [0.25, 0.3) is 0 Å². The maximum absolute atomic E-state index is 11.2. The molecule has 1 saturated heterocycles. The zero-order chi connectivity index (χ0) is 14.7. The fraction of sp³-hybridized carbons (Fsp3) is 0.417. The van der Waals surface area contributed by atoms with Gasteiger partial charge in [0, 0.05) is 43.7 Å². The molecule has 2 aromatic rings. The second-order valence-electron chi connectivity index (χ2n) is 4.65. The summed E-state index contributed by atoms with van der Waals surface area (Å²) in [5, 5.41) is 23.7. The number of hydrogen-bond acceptors (Lipinski definition) is 8. The van der Waals surface area contributed by atoms with E-state index in [0.717, 1.165) is 26.2 Å². The predicted octanol–water partition coefficient (Wildman–Crippen LogP) is -0.708. The standard InChI is InChI=1S/C12H13N7O2/c13-8-11-10(16-21-19(11)20)9-17-4-6-18(7-5-17)12-14-2-1-3-15-12/h1-3H,4-7,9H2. The summed E-state index contributed by atoms with van der Waals surface area (Å²) in [4.78, 5) is 12.8. The van der Waals surface area contributed by atoms with Crippen molar-refractivity contribution < 1.29 is 9.53 Å². The van der Waals surface area contributed by atoms with Gasteiger partial charge in [-0.1, -0.05) is 0 Å². The van der Waals surface area contributed by atoms with Crippen molar-refractivity contribution in [3.63, 3.8) is 0 Å². The number of piperazine rings is 1. The van der Waals surface area contributed by atoms with Gasteiger partial charge in [0.15, 0.2) is 6.07 Å². The lowest BCUT2D eigenvalue weighted by molar-refractivity contribution is -0.804. The number of rotatable bonds is 3. The molecule has 1 aliphatic rings. The van der Waals surface area contributed by atoms with Gasteiger partial charge in [-0.2, -0.15) is 5.26 Å². The van der Waals surface area contributed by atoms with Crippen LogP contribution in [0.1, 0.15) is 11.4 Å². The van der Waals surface area contributed by atoms with Crippen LogP contribution in [0.3, 0.4) is 0 Å². The average Bonchev–Trinajstić information content (AvgIpc) is 2.89. The van der Waals surface area contributed by atoms with Gasteiger partial charge in [-0.25, -0.2) is 9.97 Å². The third-order valence-electron chi connectivity index (χ3n) is 3.37. The van der Waals surface area contributed by atoms with Crippen molar-refractivity contribution in [3.8, 4) is 6.07 Å². The summed E-state index contributed by atoms with van der Waals surface area (Å²) in [5.74, 6) is 0.716. The number of nitriles is 1. The molecule has 0 amide bonds. The van der Waals surface area contributed by atoms with Gasteiger partial charge < -0.3 is 10.1 Å². The van der Waals surface area contributed by atoms with E-state index in [-0.39, 0.29) is 10.6 Å². The normalized spacial score (nSPS) is 15.9. The molecule has 2 aromatic heterocycles. The summed E-state index contributed by atoms with van der Waals surface area (Å²) >= 11 is 0. The quantitative estimate of drug-likeness (QED) is 0.681. The maximum Gasteiger partial charge on any atom is 0.299 e. The van der Waals surface area contributed by atoms with E-state index >= 15 is 0 Å². The van der Waals surface area contributed by atoms with Crippen molar-refractivity contribution in [2.24, 2.45) is 0 Å². The molecule has 0 N–H and O–H groups in total. The van der Waals surface area contributed by atoms with Gasteiger partial charge in [0.25, 0.3) is 11.4 Å². The second kappa shape index (κ2) is 5.72. The lowest BCUT2D eigenvalue weighted by Gasteiger charge is -2.33. The highest BCUT2D eigenvalue weighted by molar-refractivity contribution is 5.29. The van der Waals surface area contributed by atoms with Crippen LogP contribution in [-0.2, 0) is 6.54 Å². The van der Waals surface area contributed by atoms with E-state index in [4.69, 9.17) is 5.26 Å². The van der Waals surface area contributed by atoms with Gasteiger partial charge in [0.1, 0.15) is 0 Å². The highest BCUT2D eigenvalue weighted by Gasteiger charge is 2.25. The van der Waals surface area contributed by atoms with Crippen LogP contribution in [0.4, 0.5) is 5.95 Å². The van der Waals surface area contributed by atoms with Crippen LogP contribution < -0.4 is 9.80 Å². The minimum Gasteiger partial charge on any atom is -0.358 e. The Bertz CT molecular complexity index is 643. The highest BCUT2D eigenvalue weighted by Crippen LogP contribution is 2.12. The van der Waals surface area contributed by atoms with Gasteiger partial charge in [-0.05, 0) is 11.0 Å². The molecule has 0 radical (unpaired) electrons. The van der Waals surface area contributed by atoms with Gasteiger partial charge in [0.05, 0.1) is 6.54 Å². The Hall–Kier alpha value is -2.73.